The third-order valence-corrected chi connectivity index (χ3v) is 12.1. The van der Waals surface area contributed by atoms with Crippen LogP contribution in [0.4, 0.5) is 0 Å². The summed E-state index contributed by atoms with van der Waals surface area (Å²) in [5.74, 6) is 0.943. The van der Waals surface area contributed by atoms with Gasteiger partial charge in [-0.15, -0.1) is 29.8 Å². The molecule has 8 rings (SSSR count). The number of hydrogen-bond acceptors (Lipinski definition) is 3. The number of rotatable bonds is 6. The summed E-state index contributed by atoms with van der Waals surface area (Å²) in [6.07, 6.45) is 1.87. The summed E-state index contributed by atoms with van der Waals surface area (Å²) >= 11 is 0. The summed E-state index contributed by atoms with van der Waals surface area (Å²) in [6.45, 7) is 26.7. The summed E-state index contributed by atoms with van der Waals surface area (Å²) in [4.78, 5) is 10.4. The average Bonchev–Trinajstić information content (AvgIpc) is 3.62. The number of benzene rings is 6. The van der Waals surface area contributed by atoms with Crippen LogP contribution in [0.2, 0.25) is 0 Å². The molecule has 0 spiro atoms. The van der Waals surface area contributed by atoms with Gasteiger partial charge in [0, 0.05) is 44.1 Å². The van der Waals surface area contributed by atoms with E-state index in [4.69, 9.17) is 9.97 Å². The van der Waals surface area contributed by atoms with Gasteiger partial charge in [-0.1, -0.05) is 185 Å². The Labute approximate surface area is 389 Å². The first-order valence-electron chi connectivity index (χ1n) is 21.9. The standard InChI is InChI=1S/C58H60N3O.Pt/c1-55(2,3)42-26-24-38(25-27-42)45-29-28-43(56(4,5)6)36-51(45)61-50-23-17-22-46(40-20-16-21-41(32-40)49-33-39(30-31-59-49)37-18-14-13-15-19-37)52(50)60-54(61)47-34-44(57(7,8)9)35-48(53(47)62)58(10,11)12;/h13-31,33-36,62H,1-12H3;/q-1;. The molecule has 0 bridgehead atoms. The van der Waals surface area contributed by atoms with Gasteiger partial charge in [-0.3, -0.25) is 9.55 Å². The van der Waals surface area contributed by atoms with Gasteiger partial charge in [0.25, 0.3) is 0 Å². The molecule has 0 radical (unpaired) electrons. The zero-order valence-electron chi connectivity index (χ0n) is 38.9. The predicted molar refractivity (Wildman–Crippen MR) is 261 cm³/mol. The summed E-state index contributed by atoms with van der Waals surface area (Å²) in [5.41, 5.74) is 15.5. The molecule has 0 aliphatic carbocycles. The van der Waals surface area contributed by atoms with Crippen molar-refractivity contribution in [2.24, 2.45) is 0 Å². The monoisotopic (exact) mass is 1010 g/mol. The van der Waals surface area contributed by atoms with Crippen LogP contribution in [0.25, 0.3) is 72.7 Å². The van der Waals surface area contributed by atoms with E-state index in [-0.39, 0.29) is 48.5 Å². The molecule has 0 unspecified atom stereocenters. The van der Waals surface area contributed by atoms with E-state index >= 15 is 0 Å². The minimum absolute atomic E-state index is 0. The van der Waals surface area contributed by atoms with Crippen LogP contribution in [-0.2, 0) is 42.7 Å². The summed E-state index contributed by atoms with van der Waals surface area (Å²) in [6, 6.07) is 51.2. The molecule has 0 aliphatic rings. The quantitative estimate of drug-likeness (QED) is 0.169. The van der Waals surface area contributed by atoms with Crippen LogP contribution in [0.5, 0.6) is 5.75 Å². The largest absolute Gasteiger partial charge is 0.507 e. The van der Waals surface area contributed by atoms with E-state index in [2.05, 4.69) is 221 Å². The van der Waals surface area contributed by atoms with Crippen molar-refractivity contribution in [3.05, 3.63) is 168 Å². The molecule has 0 saturated carbocycles. The number of phenols is 1. The van der Waals surface area contributed by atoms with Crippen LogP contribution in [0, 0.1) is 6.07 Å². The van der Waals surface area contributed by atoms with Crippen LogP contribution in [0.1, 0.15) is 105 Å². The molecule has 2 aromatic heterocycles. The molecule has 2 heterocycles. The van der Waals surface area contributed by atoms with Gasteiger partial charge in [0.15, 0.2) is 0 Å². The second kappa shape index (κ2) is 16.9. The van der Waals surface area contributed by atoms with Crippen molar-refractivity contribution in [3.63, 3.8) is 0 Å². The Morgan fingerprint density at radius 1 is 0.492 bits per heavy atom. The molecule has 0 aliphatic heterocycles. The maximum atomic E-state index is 12.5. The van der Waals surface area contributed by atoms with Crippen molar-refractivity contribution in [1.29, 1.82) is 0 Å². The molecule has 8 aromatic rings. The Morgan fingerprint density at radius 2 is 1.13 bits per heavy atom. The minimum Gasteiger partial charge on any atom is -0.507 e. The van der Waals surface area contributed by atoms with Gasteiger partial charge < -0.3 is 5.11 Å². The first-order valence-corrected chi connectivity index (χ1v) is 21.9. The summed E-state index contributed by atoms with van der Waals surface area (Å²) in [5, 5.41) is 12.5. The number of phenolic OH excluding ortho intramolecular Hbond substituents is 1. The summed E-state index contributed by atoms with van der Waals surface area (Å²) < 4.78 is 2.30. The maximum absolute atomic E-state index is 12.5. The average molecular weight is 1010 g/mol. The number of pyridine rings is 1. The SMILES string of the molecule is CC(C)(C)c1ccc(-c2ccc(C(C)(C)C)cc2-n2c(-c3cc(C(C)(C)C)cc(C(C)(C)C)c3O)nc3c(-c4[c-]c(-c5cc(-c6ccccc6)ccn5)ccc4)cccc32)cc1.[Pt]. The second-order valence-corrected chi connectivity index (χ2v) is 20.9. The molecular weight excluding hydrogens is 950 g/mol. The zero-order valence-corrected chi connectivity index (χ0v) is 41.2. The molecule has 324 valence electrons. The van der Waals surface area contributed by atoms with E-state index in [1.807, 2.05) is 12.3 Å². The molecule has 0 amide bonds. The van der Waals surface area contributed by atoms with Crippen molar-refractivity contribution >= 4 is 11.0 Å². The van der Waals surface area contributed by atoms with Gasteiger partial charge >= 0.3 is 0 Å². The molecule has 0 atom stereocenters. The van der Waals surface area contributed by atoms with Gasteiger partial charge in [0.1, 0.15) is 11.6 Å². The second-order valence-electron chi connectivity index (χ2n) is 20.9. The van der Waals surface area contributed by atoms with E-state index < -0.39 is 0 Å². The van der Waals surface area contributed by atoms with Crippen LogP contribution in [0.3, 0.4) is 0 Å². The molecule has 5 heteroatoms. The van der Waals surface area contributed by atoms with Crippen molar-refractivity contribution in [2.45, 2.75) is 105 Å². The number of para-hydroxylation sites is 1. The van der Waals surface area contributed by atoms with Crippen LogP contribution < -0.4 is 0 Å². The van der Waals surface area contributed by atoms with Crippen molar-refractivity contribution < 1.29 is 26.2 Å². The Hall–Kier alpha value is -5.57. The van der Waals surface area contributed by atoms with Gasteiger partial charge in [-0.2, -0.15) is 0 Å². The molecule has 63 heavy (non-hydrogen) atoms. The number of imidazole rings is 1. The van der Waals surface area contributed by atoms with Crippen LogP contribution in [-0.4, -0.2) is 19.6 Å². The molecule has 0 fully saturated rings. The molecular formula is C58H60N3OPt-. The van der Waals surface area contributed by atoms with E-state index in [0.29, 0.717) is 11.4 Å². The van der Waals surface area contributed by atoms with E-state index in [1.54, 1.807) is 0 Å². The van der Waals surface area contributed by atoms with Crippen LogP contribution in [0.15, 0.2) is 140 Å². The molecule has 0 saturated heterocycles. The Kier molecular flexibility index (Phi) is 12.2. The number of nitrogens with zero attached hydrogens (tertiary/aromatic N) is 3. The number of aromatic nitrogens is 3. The first kappa shape index (κ1) is 45.5. The minimum atomic E-state index is -0.324. The maximum Gasteiger partial charge on any atom is 0.148 e. The molecule has 4 nitrogen and oxygen atoms in total. The van der Waals surface area contributed by atoms with Gasteiger partial charge in [0.05, 0.1) is 22.3 Å². The van der Waals surface area contributed by atoms with Crippen molar-refractivity contribution in [1.82, 2.24) is 14.5 Å². The molecule has 1 N–H and O–H groups in total. The Morgan fingerprint density at radius 3 is 1.78 bits per heavy atom. The van der Waals surface area contributed by atoms with Gasteiger partial charge in [-0.25, -0.2) is 4.98 Å². The number of hydrogen-bond donors (Lipinski definition) is 1. The Balaban J connectivity index is 0.00000595. The number of aromatic hydroxyl groups is 1. The zero-order chi connectivity index (χ0) is 44.4. The predicted octanol–water partition coefficient (Wildman–Crippen LogP) is 15.4. The van der Waals surface area contributed by atoms with Crippen molar-refractivity contribution in [2.75, 3.05) is 0 Å². The smallest absolute Gasteiger partial charge is 0.148 e. The van der Waals surface area contributed by atoms with E-state index in [0.717, 1.165) is 72.5 Å². The van der Waals surface area contributed by atoms with Crippen molar-refractivity contribution in [3.8, 4) is 67.5 Å². The third-order valence-electron chi connectivity index (χ3n) is 12.1. The fraction of sp³-hybridized carbons (Fsp3) is 0.276. The first-order chi connectivity index (χ1) is 29.2. The number of fused-ring (bicyclic) bond motifs is 1. The Bertz CT molecular complexity index is 2930. The van der Waals surface area contributed by atoms with E-state index in [9.17, 15) is 5.11 Å². The van der Waals surface area contributed by atoms with Gasteiger partial charge in [0.2, 0.25) is 0 Å². The van der Waals surface area contributed by atoms with E-state index in [1.165, 1.54) is 11.1 Å². The molecule has 6 aromatic carbocycles. The van der Waals surface area contributed by atoms with Crippen LogP contribution >= 0.6 is 0 Å². The summed E-state index contributed by atoms with van der Waals surface area (Å²) in [7, 11) is 0. The fourth-order valence-corrected chi connectivity index (χ4v) is 8.29. The topological polar surface area (TPSA) is 50.9 Å². The normalized spacial score (nSPS) is 12.4. The third kappa shape index (κ3) is 9.11. The fourth-order valence-electron chi connectivity index (χ4n) is 8.29. The van der Waals surface area contributed by atoms with Gasteiger partial charge in [-0.05, 0) is 79.3 Å².